The highest BCUT2D eigenvalue weighted by Crippen LogP contribution is 2.42. The van der Waals surface area contributed by atoms with Crippen molar-refractivity contribution in [3.05, 3.63) is 58.7 Å². The van der Waals surface area contributed by atoms with Crippen LogP contribution >= 0.6 is 19.0 Å². The fraction of sp³-hybridized carbons (Fsp3) is 0.0625. The van der Waals surface area contributed by atoms with E-state index in [9.17, 15) is 14.3 Å². The lowest BCUT2D eigenvalue weighted by Gasteiger charge is -2.13. The Kier molecular flexibility index (Phi) is 3.80. The molecule has 0 aliphatic heterocycles. The van der Waals surface area contributed by atoms with Gasteiger partial charge < -0.3 is 15.6 Å². The number of amides is 1. The average Bonchev–Trinajstić information content (AvgIpc) is 2.86. The second-order valence-corrected chi connectivity index (χ2v) is 7.87. The minimum atomic E-state index is -4.02. The van der Waals surface area contributed by atoms with Crippen LogP contribution in [0.15, 0.2) is 42.5 Å². The van der Waals surface area contributed by atoms with Crippen molar-refractivity contribution in [3.63, 3.8) is 0 Å². The maximum absolute atomic E-state index is 13.2. The molecule has 7 heteroatoms. The molecule has 4 N–H and O–H groups in total. The third kappa shape index (κ3) is 2.68. The number of H-pyrrole nitrogens is 1. The van der Waals surface area contributed by atoms with E-state index in [1.54, 1.807) is 36.4 Å². The molecule has 0 spiro atoms. The molecular formula is C16H14ClN2O3P. The number of hydrogen-bond donors (Lipinski definition) is 3. The predicted octanol–water partition coefficient (Wildman–Crippen LogP) is 2.45. The van der Waals surface area contributed by atoms with Gasteiger partial charge in [0.05, 0.1) is 5.30 Å². The lowest BCUT2D eigenvalue weighted by Crippen LogP contribution is -2.25. The number of carbonyl (C=O) groups is 1. The number of nitrogens with two attached hydrogens (primary N) is 1. The third-order valence-electron chi connectivity index (χ3n) is 3.63. The zero-order valence-electron chi connectivity index (χ0n) is 12.2. The van der Waals surface area contributed by atoms with Crippen molar-refractivity contribution < 1.29 is 14.3 Å². The number of fused-ring (bicyclic) bond motifs is 1. The van der Waals surface area contributed by atoms with E-state index in [4.69, 9.17) is 17.3 Å². The Morgan fingerprint density at radius 3 is 2.65 bits per heavy atom. The van der Waals surface area contributed by atoms with Gasteiger partial charge >= 0.3 is 0 Å². The van der Waals surface area contributed by atoms with E-state index in [1.165, 1.54) is 0 Å². The number of carbonyl (C=O) groups excluding carboxylic acids is 1. The van der Waals surface area contributed by atoms with Crippen molar-refractivity contribution in [1.82, 2.24) is 4.98 Å². The quantitative estimate of drug-likeness (QED) is 0.634. The van der Waals surface area contributed by atoms with Crippen molar-refractivity contribution in [2.45, 2.75) is 6.92 Å². The molecule has 0 saturated carbocycles. The van der Waals surface area contributed by atoms with E-state index in [2.05, 4.69) is 4.98 Å². The molecule has 0 fully saturated rings. The summed E-state index contributed by atoms with van der Waals surface area (Å²) in [5.41, 5.74) is 6.68. The maximum atomic E-state index is 13.2. The van der Waals surface area contributed by atoms with Gasteiger partial charge in [-0.15, -0.1) is 0 Å². The lowest BCUT2D eigenvalue weighted by atomic mass is 10.2. The molecule has 118 valence electrons. The Morgan fingerprint density at radius 2 is 2.00 bits per heavy atom. The summed E-state index contributed by atoms with van der Waals surface area (Å²) in [4.78, 5) is 25.3. The fourth-order valence-corrected chi connectivity index (χ4v) is 4.67. The monoisotopic (exact) mass is 348 g/mol. The van der Waals surface area contributed by atoms with Crippen molar-refractivity contribution in [3.8, 4) is 0 Å². The van der Waals surface area contributed by atoms with Crippen molar-refractivity contribution >= 4 is 46.4 Å². The smallest absolute Gasteiger partial charge is 0.266 e. The topological polar surface area (TPSA) is 96.2 Å². The van der Waals surface area contributed by atoms with Crippen LogP contribution in [0.4, 0.5) is 0 Å². The molecule has 3 rings (SSSR count). The van der Waals surface area contributed by atoms with E-state index in [1.807, 2.05) is 13.0 Å². The molecule has 0 aliphatic carbocycles. The molecule has 1 unspecified atom stereocenters. The van der Waals surface area contributed by atoms with Gasteiger partial charge in [-0.05, 0) is 37.3 Å². The average molecular weight is 349 g/mol. The van der Waals surface area contributed by atoms with E-state index in [0.29, 0.717) is 15.9 Å². The van der Waals surface area contributed by atoms with E-state index in [-0.39, 0.29) is 16.3 Å². The Hall–Kier alpha value is -2.07. The Morgan fingerprint density at radius 1 is 1.26 bits per heavy atom. The Balaban J connectivity index is 2.37. The molecule has 1 amide bonds. The first-order valence-corrected chi connectivity index (χ1v) is 8.86. The van der Waals surface area contributed by atoms with Crippen LogP contribution in [0.1, 0.15) is 16.1 Å². The summed E-state index contributed by atoms with van der Waals surface area (Å²) in [7, 11) is -4.02. The molecule has 0 radical (unpaired) electrons. The molecule has 1 aromatic heterocycles. The van der Waals surface area contributed by atoms with E-state index >= 15 is 0 Å². The van der Waals surface area contributed by atoms with Gasteiger partial charge in [0.25, 0.3) is 13.3 Å². The first-order chi connectivity index (χ1) is 10.8. The molecule has 1 atom stereocenters. The highest BCUT2D eigenvalue weighted by molar-refractivity contribution is 7.74. The SMILES string of the molecule is Cc1cccc(P(=O)(O)c2c(C(N)=O)[nH]c3ccc(Cl)cc23)c1. The number of nitrogens with one attached hydrogen (secondary N) is 1. The van der Waals surface area contributed by atoms with Gasteiger partial charge in [-0.25, -0.2) is 0 Å². The van der Waals surface area contributed by atoms with Crippen LogP contribution in [0.2, 0.25) is 5.02 Å². The number of aryl methyl sites for hydroxylation is 1. The third-order valence-corrected chi connectivity index (χ3v) is 5.92. The molecule has 1 heterocycles. The standard InChI is InChI=1S/C16H14ClN2O3P/c1-9-3-2-4-11(7-9)23(21,22)15-12-8-10(17)5-6-13(12)19-14(15)16(18)20/h2-8,19H,1H3,(H2,18,20)(H,21,22). The summed E-state index contributed by atoms with van der Waals surface area (Å²) < 4.78 is 13.2. The number of benzene rings is 2. The van der Waals surface area contributed by atoms with Crippen molar-refractivity contribution in [2.75, 3.05) is 0 Å². The molecule has 3 aromatic rings. The van der Waals surface area contributed by atoms with Gasteiger partial charge in [0.2, 0.25) is 0 Å². The van der Waals surface area contributed by atoms with Gasteiger partial charge in [-0.1, -0.05) is 29.3 Å². The number of primary amides is 1. The molecule has 2 aromatic carbocycles. The summed E-state index contributed by atoms with van der Waals surface area (Å²) >= 11 is 6.00. The van der Waals surface area contributed by atoms with Gasteiger partial charge in [0, 0.05) is 21.2 Å². The van der Waals surface area contributed by atoms with Gasteiger partial charge in [-0.3, -0.25) is 9.36 Å². The van der Waals surface area contributed by atoms with Crippen LogP contribution in [-0.2, 0) is 4.57 Å². The first kappa shape index (κ1) is 15.8. The molecule has 5 nitrogen and oxygen atoms in total. The van der Waals surface area contributed by atoms with Crippen LogP contribution < -0.4 is 16.3 Å². The second kappa shape index (κ2) is 5.53. The lowest BCUT2D eigenvalue weighted by molar-refractivity contribution is 0.0997. The molecule has 0 bridgehead atoms. The van der Waals surface area contributed by atoms with Gasteiger partial charge in [0.1, 0.15) is 5.69 Å². The Labute approximate surface area is 137 Å². The van der Waals surface area contributed by atoms with Crippen molar-refractivity contribution in [1.29, 1.82) is 0 Å². The summed E-state index contributed by atoms with van der Waals surface area (Å²) in [6.07, 6.45) is 0. The normalized spacial score (nSPS) is 13.9. The first-order valence-electron chi connectivity index (χ1n) is 6.82. The fourth-order valence-electron chi connectivity index (χ4n) is 2.59. The number of rotatable bonds is 3. The zero-order chi connectivity index (χ0) is 16.8. The van der Waals surface area contributed by atoms with Gasteiger partial charge in [-0.2, -0.15) is 0 Å². The summed E-state index contributed by atoms with van der Waals surface area (Å²) in [6.45, 7) is 1.82. The zero-order valence-corrected chi connectivity index (χ0v) is 13.9. The van der Waals surface area contributed by atoms with E-state index in [0.717, 1.165) is 5.56 Å². The van der Waals surface area contributed by atoms with Crippen LogP contribution in [0.3, 0.4) is 0 Å². The van der Waals surface area contributed by atoms with Crippen LogP contribution in [0, 0.1) is 6.92 Å². The number of halogens is 1. The minimum Gasteiger partial charge on any atom is -0.364 e. The number of aromatic nitrogens is 1. The summed E-state index contributed by atoms with van der Waals surface area (Å²) in [5.74, 6) is -0.797. The molecule has 0 aliphatic rings. The molecular weight excluding hydrogens is 335 g/mol. The molecule has 23 heavy (non-hydrogen) atoms. The maximum Gasteiger partial charge on any atom is 0.266 e. The largest absolute Gasteiger partial charge is 0.364 e. The number of hydrogen-bond acceptors (Lipinski definition) is 2. The van der Waals surface area contributed by atoms with Crippen LogP contribution in [0.25, 0.3) is 10.9 Å². The minimum absolute atomic E-state index is 0.00639. The highest BCUT2D eigenvalue weighted by atomic mass is 35.5. The summed E-state index contributed by atoms with van der Waals surface area (Å²) in [6, 6.07) is 11.5. The summed E-state index contributed by atoms with van der Waals surface area (Å²) in [5, 5.41) is 1.05. The number of aromatic amines is 1. The van der Waals surface area contributed by atoms with Crippen molar-refractivity contribution in [2.24, 2.45) is 5.73 Å². The predicted molar refractivity (Wildman–Crippen MR) is 92.1 cm³/mol. The van der Waals surface area contributed by atoms with Crippen LogP contribution in [-0.4, -0.2) is 15.8 Å². The van der Waals surface area contributed by atoms with Gasteiger partial charge in [0.15, 0.2) is 0 Å². The van der Waals surface area contributed by atoms with E-state index < -0.39 is 13.3 Å². The highest BCUT2D eigenvalue weighted by Gasteiger charge is 2.33. The molecule has 0 saturated heterocycles. The Bertz CT molecular complexity index is 981. The second-order valence-electron chi connectivity index (χ2n) is 5.32. The van der Waals surface area contributed by atoms with Crippen LogP contribution in [0.5, 0.6) is 0 Å².